The fourth-order valence-corrected chi connectivity index (χ4v) is 3.15. The summed E-state index contributed by atoms with van der Waals surface area (Å²) in [6.07, 6.45) is 3.97. The molecule has 2 rings (SSSR count). The summed E-state index contributed by atoms with van der Waals surface area (Å²) in [5.41, 5.74) is 8.08. The molecule has 2 heterocycles. The van der Waals surface area contributed by atoms with Crippen LogP contribution in [-0.4, -0.2) is 52.9 Å². The molecule has 24 heavy (non-hydrogen) atoms. The molecular formula is C17H31ClN4O2. The quantitative estimate of drug-likeness (QED) is 0.759. The predicted molar refractivity (Wildman–Crippen MR) is 97.8 cm³/mol. The van der Waals surface area contributed by atoms with E-state index in [1.807, 2.05) is 23.4 Å². The van der Waals surface area contributed by atoms with Crippen LogP contribution in [0.1, 0.15) is 54.4 Å². The summed E-state index contributed by atoms with van der Waals surface area (Å²) in [7, 11) is 0. The van der Waals surface area contributed by atoms with Gasteiger partial charge in [0.2, 0.25) is 0 Å². The molecule has 0 spiro atoms. The van der Waals surface area contributed by atoms with E-state index in [1.165, 1.54) is 0 Å². The maximum absolute atomic E-state index is 12.8. The second kappa shape index (κ2) is 10.0. The van der Waals surface area contributed by atoms with E-state index in [0.717, 1.165) is 68.9 Å². The SMILES string of the molecule is CCCn1nc(C)c(C(=O)N2CCC(OCCCN)CC2)c1C.Cl. The van der Waals surface area contributed by atoms with Gasteiger partial charge in [-0.05, 0) is 46.1 Å². The zero-order chi connectivity index (χ0) is 16.8. The van der Waals surface area contributed by atoms with Crippen LogP contribution in [0.2, 0.25) is 0 Å². The van der Waals surface area contributed by atoms with Gasteiger partial charge in [-0.3, -0.25) is 9.48 Å². The number of amides is 1. The molecule has 1 aliphatic rings. The fourth-order valence-electron chi connectivity index (χ4n) is 3.15. The van der Waals surface area contributed by atoms with E-state index in [9.17, 15) is 4.79 Å². The van der Waals surface area contributed by atoms with Gasteiger partial charge < -0.3 is 15.4 Å². The number of hydrogen-bond acceptors (Lipinski definition) is 4. The molecule has 1 fully saturated rings. The number of likely N-dealkylation sites (tertiary alicyclic amines) is 1. The lowest BCUT2D eigenvalue weighted by atomic mass is 10.1. The first-order chi connectivity index (χ1) is 11.1. The minimum Gasteiger partial charge on any atom is -0.378 e. The molecule has 1 aliphatic heterocycles. The zero-order valence-corrected chi connectivity index (χ0v) is 15.9. The van der Waals surface area contributed by atoms with Crippen molar-refractivity contribution >= 4 is 18.3 Å². The molecule has 7 heteroatoms. The Kier molecular flexibility index (Phi) is 8.73. The van der Waals surface area contributed by atoms with Gasteiger partial charge >= 0.3 is 0 Å². The standard InChI is InChI=1S/C17H30N4O2.ClH/c1-4-9-21-14(3)16(13(2)19-21)17(22)20-10-6-15(7-11-20)23-12-5-8-18;/h15H,4-12,18H2,1-3H3;1H. The van der Waals surface area contributed by atoms with Crippen LogP contribution in [0.5, 0.6) is 0 Å². The topological polar surface area (TPSA) is 73.4 Å². The van der Waals surface area contributed by atoms with Crippen LogP contribution in [0.3, 0.4) is 0 Å². The van der Waals surface area contributed by atoms with E-state index in [-0.39, 0.29) is 24.4 Å². The van der Waals surface area contributed by atoms with Gasteiger partial charge in [-0.1, -0.05) is 6.92 Å². The van der Waals surface area contributed by atoms with Gasteiger partial charge in [0.25, 0.3) is 5.91 Å². The predicted octanol–water partition coefficient (Wildman–Crippen LogP) is 2.30. The Morgan fingerprint density at radius 3 is 2.58 bits per heavy atom. The Morgan fingerprint density at radius 1 is 1.33 bits per heavy atom. The first-order valence-electron chi connectivity index (χ1n) is 8.73. The monoisotopic (exact) mass is 358 g/mol. The molecule has 0 bridgehead atoms. The van der Waals surface area contributed by atoms with Crippen LogP contribution in [0.15, 0.2) is 0 Å². The van der Waals surface area contributed by atoms with Crippen LogP contribution in [0, 0.1) is 13.8 Å². The van der Waals surface area contributed by atoms with E-state index in [1.54, 1.807) is 0 Å². The highest BCUT2D eigenvalue weighted by Crippen LogP contribution is 2.20. The number of nitrogens with two attached hydrogens (primary N) is 1. The van der Waals surface area contributed by atoms with Gasteiger partial charge in [0, 0.05) is 31.9 Å². The van der Waals surface area contributed by atoms with Gasteiger partial charge in [0.05, 0.1) is 17.4 Å². The van der Waals surface area contributed by atoms with Crippen molar-refractivity contribution in [1.29, 1.82) is 0 Å². The average molecular weight is 359 g/mol. The number of rotatable bonds is 7. The largest absolute Gasteiger partial charge is 0.378 e. The summed E-state index contributed by atoms with van der Waals surface area (Å²) in [5.74, 6) is 0.114. The molecule has 1 aromatic heterocycles. The Balaban J connectivity index is 0.00000288. The molecule has 0 atom stereocenters. The summed E-state index contributed by atoms with van der Waals surface area (Å²) >= 11 is 0. The molecule has 0 aromatic carbocycles. The maximum atomic E-state index is 12.8. The number of aryl methyl sites for hydroxylation is 2. The number of carbonyl (C=O) groups is 1. The lowest BCUT2D eigenvalue weighted by Gasteiger charge is -2.32. The summed E-state index contributed by atoms with van der Waals surface area (Å²) in [6, 6.07) is 0. The first-order valence-corrected chi connectivity index (χ1v) is 8.73. The smallest absolute Gasteiger partial charge is 0.257 e. The number of halogens is 1. The van der Waals surface area contributed by atoms with Gasteiger partial charge in [0.15, 0.2) is 0 Å². The lowest BCUT2D eigenvalue weighted by Crippen LogP contribution is -2.41. The third-order valence-corrected chi connectivity index (χ3v) is 4.46. The number of piperidine rings is 1. The number of carbonyl (C=O) groups excluding carboxylic acids is 1. The van der Waals surface area contributed by atoms with E-state index in [0.29, 0.717) is 6.54 Å². The summed E-state index contributed by atoms with van der Waals surface area (Å²) in [6.45, 7) is 9.79. The fraction of sp³-hybridized carbons (Fsp3) is 0.765. The highest BCUT2D eigenvalue weighted by molar-refractivity contribution is 5.96. The Bertz CT molecular complexity index is 525. The summed E-state index contributed by atoms with van der Waals surface area (Å²) in [5, 5.41) is 4.51. The van der Waals surface area contributed by atoms with E-state index in [4.69, 9.17) is 10.5 Å². The zero-order valence-electron chi connectivity index (χ0n) is 15.1. The van der Waals surface area contributed by atoms with Crippen molar-refractivity contribution in [3.63, 3.8) is 0 Å². The normalized spacial score (nSPS) is 15.4. The number of nitrogens with zero attached hydrogens (tertiary/aromatic N) is 3. The molecule has 0 aliphatic carbocycles. The van der Waals surface area contributed by atoms with Gasteiger partial charge in [-0.2, -0.15) is 5.10 Å². The average Bonchev–Trinajstić information content (AvgIpc) is 2.82. The minimum absolute atomic E-state index is 0. The van der Waals surface area contributed by atoms with E-state index >= 15 is 0 Å². The molecule has 0 saturated carbocycles. The molecule has 1 saturated heterocycles. The molecule has 2 N–H and O–H groups in total. The van der Waals surface area contributed by atoms with Gasteiger partial charge in [-0.15, -0.1) is 12.4 Å². The van der Waals surface area contributed by atoms with Gasteiger partial charge in [0.1, 0.15) is 0 Å². The Labute approximate surface area is 151 Å². The second-order valence-corrected chi connectivity index (χ2v) is 6.27. The van der Waals surface area contributed by atoms with E-state index in [2.05, 4.69) is 12.0 Å². The van der Waals surface area contributed by atoms with Crippen LogP contribution in [0.4, 0.5) is 0 Å². The number of ether oxygens (including phenoxy) is 1. The van der Waals surface area contributed by atoms with Crippen molar-refractivity contribution in [3.05, 3.63) is 17.0 Å². The van der Waals surface area contributed by atoms with Crippen molar-refractivity contribution in [3.8, 4) is 0 Å². The molecule has 138 valence electrons. The van der Waals surface area contributed by atoms with E-state index < -0.39 is 0 Å². The second-order valence-electron chi connectivity index (χ2n) is 6.27. The summed E-state index contributed by atoms with van der Waals surface area (Å²) in [4.78, 5) is 14.8. The first kappa shape index (κ1) is 20.9. The van der Waals surface area contributed by atoms with Crippen LogP contribution >= 0.6 is 12.4 Å². The Morgan fingerprint density at radius 2 is 2.00 bits per heavy atom. The van der Waals surface area contributed by atoms with Gasteiger partial charge in [-0.25, -0.2) is 0 Å². The maximum Gasteiger partial charge on any atom is 0.257 e. The molecule has 1 amide bonds. The highest BCUT2D eigenvalue weighted by Gasteiger charge is 2.27. The van der Waals surface area contributed by atoms with Crippen molar-refractivity contribution in [2.75, 3.05) is 26.2 Å². The van der Waals surface area contributed by atoms with Crippen LogP contribution < -0.4 is 5.73 Å². The van der Waals surface area contributed by atoms with Crippen molar-refractivity contribution in [1.82, 2.24) is 14.7 Å². The molecule has 1 aromatic rings. The Hall–Kier alpha value is -1.11. The number of hydrogen-bond donors (Lipinski definition) is 1. The molecule has 6 nitrogen and oxygen atoms in total. The highest BCUT2D eigenvalue weighted by atomic mass is 35.5. The lowest BCUT2D eigenvalue weighted by molar-refractivity contribution is 0.00841. The molecule has 0 radical (unpaired) electrons. The minimum atomic E-state index is 0. The van der Waals surface area contributed by atoms with Crippen LogP contribution in [-0.2, 0) is 11.3 Å². The molecular weight excluding hydrogens is 328 g/mol. The third kappa shape index (κ3) is 4.94. The van der Waals surface area contributed by atoms with Crippen molar-refractivity contribution in [2.45, 2.75) is 59.1 Å². The van der Waals surface area contributed by atoms with Crippen molar-refractivity contribution < 1.29 is 9.53 Å². The van der Waals surface area contributed by atoms with Crippen LogP contribution in [0.25, 0.3) is 0 Å². The molecule has 0 unspecified atom stereocenters. The van der Waals surface area contributed by atoms with Crippen molar-refractivity contribution in [2.24, 2.45) is 5.73 Å². The number of aromatic nitrogens is 2. The summed E-state index contributed by atoms with van der Waals surface area (Å²) < 4.78 is 7.76. The third-order valence-electron chi connectivity index (χ3n) is 4.46.